The molecule has 0 fully saturated rings. The molecule has 88 valence electrons. The Morgan fingerprint density at radius 1 is 1.50 bits per heavy atom. The fraction of sp³-hybridized carbons (Fsp3) is 0.462. The summed E-state index contributed by atoms with van der Waals surface area (Å²) < 4.78 is 0. The van der Waals surface area contributed by atoms with Crippen LogP contribution in [0.15, 0.2) is 18.2 Å². The second-order valence-electron chi connectivity index (χ2n) is 4.20. The van der Waals surface area contributed by atoms with Crippen molar-refractivity contribution in [1.29, 1.82) is 0 Å². The number of rotatable bonds is 5. The maximum atomic E-state index is 11.8. The quantitative estimate of drug-likeness (QED) is 0.856. The van der Waals surface area contributed by atoms with Crippen LogP contribution in [0.4, 0.5) is 0 Å². The van der Waals surface area contributed by atoms with Gasteiger partial charge < -0.3 is 5.32 Å². The van der Waals surface area contributed by atoms with Crippen molar-refractivity contribution in [3.05, 3.63) is 34.3 Å². The van der Waals surface area contributed by atoms with E-state index >= 15 is 0 Å². The maximum absolute atomic E-state index is 11.8. The second kappa shape index (κ2) is 6.02. The number of hydrogen-bond acceptors (Lipinski definition) is 2. The average Bonchev–Trinajstić information content (AvgIpc) is 2.22. The van der Waals surface area contributed by atoms with Crippen LogP contribution in [0.3, 0.4) is 0 Å². The van der Waals surface area contributed by atoms with Crippen molar-refractivity contribution >= 4 is 17.4 Å². The lowest BCUT2D eigenvalue weighted by Crippen LogP contribution is -2.24. The molecule has 0 saturated carbocycles. The van der Waals surface area contributed by atoms with Crippen LogP contribution < -0.4 is 5.32 Å². The standard InChI is InChI=1S/C13H18ClNO/c1-9-4-5-11(12(14)6-9)7-13(16)10(2)8-15-3/h4-6,10,15H,7-8H2,1-3H3. The van der Waals surface area contributed by atoms with Crippen molar-refractivity contribution in [2.24, 2.45) is 5.92 Å². The zero-order chi connectivity index (χ0) is 12.1. The van der Waals surface area contributed by atoms with Gasteiger partial charge in [-0.3, -0.25) is 4.79 Å². The van der Waals surface area contributed by atoms with Crippen molar-refractivity contribution in [3.63, 3.8) is 0 Å². The zero-order valence-corrected chi connectivity index (χ0v) is 10.8. The molecule has 1 aromatic rings. The largest absolute Gasteiger partial charge is 0.319 e. The van der Waals surface area contributed by atoms with Crippen LogP contribution in [-0.4, -0.2) is 19.4 Å². The van der Waals surface area contributed by atoms with E-state index in [1.165, 1.54) is 0 Å². The third kappa shape index (κ3) is 3.62. The summed E-state index contributed by atoms with van der Waals surface area (Å²) in [5.41, 5.74) is 2.03. The van der Waals surface area contributed by atoms with Gasteiger partial charge in [0.1, 0.15) is 5.78 Å². The first-order valence-electron chi connectivity index (χ1n) is 5.47. The number of benzene rings is 1. The Kier molecular flexibility index (Phi) is 4.97. The number of ketones is 1. The molecule has 3 heteroatoms. The van der Waals surface area contributed by atoms with Gasteiger partial charge in [0.25, 0.3) is 0 Å². The summed E-state index contributed by atoms with van der Waals surface area (Å²) in [4.78, 5) is 11.8. The highest BCUT2D eigenvalue weighted by atomic mass is 35.5. The van der Waals surface area contributed by atoms with E-state index < -0.39 is 0 Å². The van der Waals surface area contributed by atoms with E-state index in [1.54, 1.807) is 0 Å². The molecule has 0 saturated heterocycles. The molecular formula is C13H18ClNO. The third-order valence-corrected chi connectivity index (χ3v) is 2.99. The predicted molar refractivity (Wildman–Crippen MR) is 68.0 cm³/mol. The minimum atomic E-state index is 0.0300. The predicted octanol–water partition coefficient (Wildman–Crippen LogP) is 2.62. The molecule has 1 unspecified atom stereocenters. The molecule has 1 aromatic carbocycles. The van der Waals surface area contributed by atoms with E-state index in [0.29, 0.717) is 18.0 Å². The van der Waals surface area contributed by atoms with Crippen LogP contribution in [0.25, 0.3) is 0 Å². The second-order valence-corrected chi connectivity index (χ2v) is 4.60. The molecule has 1 N–H and O–H groups in total. The van der Waals surface area contributed by atoms with E-state index in [-0.39, 0.29) is 11.7 Å². The number of Topliss-reactive ketones (excluding diaryl/α,β-unsaturated/α-hetero) is 1. The van der Waals surface area contributed by atoms with Crippen molar-refractivity contribution in [1.82, 2.24) is 5.32 Å². The molecule has 0 aliphatic rings. The molecule has 16 heavy (non-hydrogen) atoms. The van der Waals surface area contributed by atoms with Crippen LogP contribution in [0, 0.1) is 12.8 Å². The third-order valence-electron chi connectivity index (χ3n) is 2.63. The highest BCUT2D eigenvalue weighted by Gasteiger charge is 2.13. The number of nitrogens with one attached hydrogen (secondary N) is 1. The molecule has 0 radical (unpaired) electrons. The van der Waals surface area contributed by atoms with Crippen LogP contribution in [0.1, 0.15) is 18.1 Å². The van der Waals surface area contributed by atoms with Crippen LogP contribution >= 0.6 is 11.6 Å². The summed E-state index contributed by atoms with van der Waals surface area (Å²) in [6.07, 6.45) is 0.419. The Labute approximate surface area is 102 Å². The Balaban J connectivity index is 2.69. The van der Waals surface area contributed by atoms with Crippen molar-refractivity contribution in [3.8, 4) is 0 Å². The molecular weight excluding hydrogens is 222 g/mol. The van der Waals surface area contributed by atoms with Gasteiger partial charge in [0.05, 0.1) is 0 Å². The molecule has 1 rings (SSSR count). The zero-order valence-electron chi connectivity index (χ0n) is 10.0. The van der Waals surface area contributed by atoms with Gasteiger partial charge in [-0.1, -0.05) is 30.7 Å². The van der Waals surface area contributed by atoms with E-state index in [0.717, 1.165) is 11.1 Å². The molecule has 0 heterocycles. The average molecular weight is 240 g/mol. The fourth-order valence-corrected chi connectivity index (χ4v) is 1.88. The summed E-state index contributed by atoms with van der Waals surface area (Å²) in [6.45, 7) is 4.63. The normalized spacial score (nSPS) is 12.5. The summed E-state index contributed by atoms with van der Waals surface area (Å²) in [6, 6.07) is 5.81. The smallest absolute Gasteiger partial charge is 0.141 e. The first kappa shape index (κ1) is 13.2. The SMILES string of the molecule is CNCC(C)C(=O)Cc1ccc(C)cc1Cl. The fourth-order valence-electron chi connectivity index (χ4n) is 1.58. The molecule has 1 atom stereocenters. The van der Waals surface area contributed by atoms with E-state index in [4.69, 9.17) is 11.6 Å². The van der Waals surface area contributed by atoms with E-state index in [9.17, 15) is 4.79 Å². The Morgan fingerprint density at radius 2 is 2.19 bits per heavy atom. The van der Waals surface area contributed by atoms with E-state index in [1.807, 2.05) is 39.1 Å². The molecule has 2 nitrogen and oxygen atoms in total. The summed E-state index contributed by atoms with van der Waals surface area (Å²) >= 11 is 6.09. The monoisotopic (exact) mass is 239 g/mol. The lowest BCUT2D eigenvalue weighted by atomic mass is 9.99. The van der Waals surface area contributed by atoms with Gasteiger partial charge in [0, 0.05) is 23.9 Å². The minimum absolute atomic E-state index is 0.0300. The number of hydrogen-bond donors (Lipinski definition) is 1. The van der Waals surface area contributed by atoms with Gasteiger partial charge in [-0.15, -0.1) is 0 Å². The van der Waals surface area contributed by atoms with Gasteiger partial charge in [0.15, 0.2) is 0 Å². The Hall–Kier alpha value is -0.860. The maximum Gasteiger partial charge on any atom is 0.141 e. The lowest BCUT2D eigenvalue weighted by molar-refractivity contribution is -0.121. The lowest BCUT2D eigenvalue weighted by Gasteiger charge is -2.10. The van der Waals surface area contributed by atoms with Gasteiger partial charge in [-0.2, -0.15) is 0 Å². The van der Waals surface area contributed by atoms with Crippen LogP contribution in [0.2, 0.25) is 5.02 Å². The van der Waals surface area contributed by atoms with Crippen LogP contribution in [-0.2, 0) is 11.2 Å². The number of halogens is 1. The summed E-state index contributed by atoms with van der Waals surface area (Å²) in [5, 5.41) is 3.69. The van der Waals surface area contributed by atoms with Gasteiger partial charge in [-0.05, 0) is 31.2 Å². The summed E-state index contributed by atoms with van der Waals surface area (Å²) in [5.74, 6) is 0.252. The first-order valence-corrected chi connectivity index (χ1v) is 5.84. The molecule has 0 aliphatic heterocycles. The molecule has 0 aliphatic carbocycles. The Morgan fingerprint density at radius 3 is 2.75 bits per heavy atom. The molecule has 0 spiro atoms. The number of carbonyl (C=O) groups is 1. The number of aryl methyl sites for hydroxylation is 1. The summed E-state index contributed by atoms with van der Waals surface area (Å²) in [7, 11) is 1.85. The van der Waals surface area contributed by atoms with E-state index in [2.05, 4.69) is 5.32 Å². The highest BCUT2D eigenvalue weighted by Crippen LogP contribution is 2.19. The topological polar surface area (TPSA) is 29.1 Å². The Bertz CT molecular complexity index is 376. The molecule has 0 aromatic heterocycles. The molecule has 0 bridgehead atoms. The van der Waals surface area contributed by atoms with Gasteiger partial charge >= 0.3 is 0 Å². The minimum Gasteiger partial charge on any atom is -0.319 e. The van der Waals surface area contributed by atoms with Gasteiger partial charge in [-0.25, -0.2) is 0 Å². The van der Waals surface area contributed by atoms with Gasteiger partial charge in [0.2, 0.25) is 0 Å². The van der Waals surface area contributed by atoms with Crippen molar-refractivity contribution in [2.45, 2.75) is 20.3 Å². The highest BCUT2D eigenvalue weighted by molar-refractivity contribution is 6.31. The molecule has 0 amide bonds. The van der Waals surface area contributed by atoms with Crippen LogP contribution in [0.5, 0.6) is 0 Å². The van der Waals surface area contributed by atoms with Crippen molar-refractivity contribution < 1.29 is 4.79 Å². The van der Waals surface area contributed by atoms with Crippen molar-refractivity contribution in [2.75, 3.05) is 13.6 Å². The first-order chi connectivity index (χ1) is 7.54. The number of carbonyl (C=O) groups excluding carboxylic acids is 1.